The third-order valence-corrected chi connectivity index (χ3v) is 4.66. The second-order valence-corrected chi connectivity index (χ2v) is 6.53. The van der Waals surface area contributed by atoms with E-state index < -0.39 is 0 Å². The first kappa shape index (κ1) is 16.8. The van der Waals surface area contributed by atoms with E-state index in [9.17, 15) is 0 Å². The summed E-state index contributed by atoms with van der Waals surface area (Å²) in [5, 5.41) is 0. The minimum atomic E-state index is 0.539. The molecule has 1 atom stereocenters. The molecular formula is C18H26N6. The molecule has 0 saturated carbocycles. The second-order valence-electron chi connectivity index (χ2n) is 6.53. The van der Waals surface area contributed by atoms with E-state index in [1.54, 1.807) is 12.3 Å². The molecule has 2 N–H and O–H groups in total. The van der Waals surface area contributed by atoms with Gasteiger partial charge in [-0.25, -0.2) is 9.97 Å². The van der Waals surface area contributed by atoms with E-state index in [1.165, 1.54) is 24.8 Å². The normalized spacial score (nSPS) is 19.3. The van der Waals surface area contributed by atoms with Gasteiger partial charge in [-0.15, -0.1) is 0 Å². The lowest BCUT2D eigenvalue weighted by Gasteiger charge is -2.26. The standard InChI is InChI=1S/C18H26N6/c1-23(14-18-21-9-6-17(19)22-18)16-5-3-10-24(11-7-16)13-15-4-2-8-20-12-15/h2,4,6,8-9,12,16H,3,5,7,10-11,13-14H2,1H3,(H2,19,21,22). The molecule has 128 valence electrons. The highest BCUT2D eigenvalue weighted by Gasteiger charge is 2.21. The molecular weight excluding hydrogens is 300 g/mol. The Morgan fingerprint density at radius 1 is 1.25 bits per heavy atom. The Morgan fingerprint density at radius 3 is 2.96 bits per heavy atom. The number of hydrogen-bond donors (Lipinski definition) is 1. The van der Waals surface area contributed by atoms with Gasteiger partial charge in [0, 0.05) is 31.2 Å². The van der Waals surface area contributed by atoms with Gasteiger partial charge in [-0.3, -0.25) is 14.8 Å². The lowest BCUT2D eigenvalue weighted by Crippen LogP contribution is -2.33. The minimum Gasteiger partial charge on any atom is -0.384 e. The topological polar surface area (TPSA) is 71.2 Å². The average Bonchev–Trinajstić information content (AvgIpc) is 2.81. The first-order chi connectivity index (χ1) is 11.7. The summed E-state index contributed by atoms with van der Waals surface area (Å²) < 4.78 is 0. The summed E-state index contributed by atoms with van der Waals surface area (Å²) >= 11 is 0. The average molecular weight is 326 g/mol. The Balaban J connectivity index is 1.53. The minimum absolute atomic E-state index is 0.539. The summed E-state index contributed by atoms with van der Waals surface area (Å²) in [5.74, 6) is 1.34. The van der Waals surface area contributed by atoms with Crippen molar-refractivity contribution in [2.24, 2.45) is 0 Å². The van der Waals surface area contributed by atoms with Gasteiger partial charge in [-0.05, 0) is 57.1 Å². The second kappa shape index (κ2) is 8.17. The molecule has 0 bridgehead atoms. The van der Waals surface area contributed by atoms with Crippen LogP contribution in [0, 0.1) is 0 Å². The molecule has 3 heterocycles. The first-order valence-electron chi connectivity index (χ1n) is 8.59. The molecule has 0 radical (unpaired) electrons. The van der Waals surface area contributed by atoms with Crippen LogP contribution in [0.1, 0.15) is 30.7 Å². The molecule has 0 spiro atoms. The zero-order valence-electron chi connectivity index (χ0n) is 14.3. The predicted molar refractivity (Wildman–Crippen MR) is 95.1 cm³/mol. The summed E-state index contributed by atoms with van der Waals surface area (Å²) in [5.41, 5.74) is 7.04. The zero-order chi connectivity index (χ0) is 16.8. The number of likely N-dealkylation sites (tertiary alicyclic amines) is 1. The van der Waals surface area contributed by atoms with Crippen molar-refractivity contribution in [1.29, 1.82) is 0 Å². The molecule has 2 aromatic heterocycles. The number of anilines is 1. The predicted octanol–water partition coefficient (Wildman–Crippen LogP) is 1.94. The van der Waals surface area contributed by atoms with Crippen LogP contribution in [-0.4, -0.2) is 50.9 Å². The van der Waals surface area contributed by atoms with Crippen LogP contribution in [0.3, 0.4) is 0 Å². The number of aromatic nitrogens is 3. The van der Waals surface area contributed by atoms with E-state index in [2.05, 4.69) is 37.9 Å². The molecule has 2 aromatic rings. The molecule has 3 rings (SSSR count). The molecule has 0 amide bonds. The van der Waals surface area contributed by atoms with Crippen LogP contribution < -0.4 is 5.73 Å². The van der Waals surface area contributed by atoms with E-state index in [4.69, 9.17) is 5.73 Å². The monoisotopic (exact) mass is 326 g/mol. The highest BCUT2D eigenvalue weighted by molar-refractivity contribution is 5.24. The lowest BCUT2D eigenvalue weighted by atomic mass is 10.1. The van der Waals surface area contributed by atoms with Crippen LogP contribution in [0.2, 0.25) is 0 Å². The van der Waals surface area contributed by atoms with Crippen LogP contribution in [0.15, 0.2) is 36.8 Å². The van der Waals surface area contributed by atoms with Gasteiger partial charge in [0.05, 0.1) is 6.54 Å². The van der Waals surface area contributed by atoms with Crippen LogP contribution >= 0.6 is 0 Å². The molecule has 6 heteroatoms. The fourth-order valence-corrected chi connectivity index (χ4v) is 3.33. The Morgan fingerprint density at radius 2 is 2.17 bits per heavy atom. The van der Waals surface area contributed by atoms with Gasteiger partial charge in [0.15, 0.2) is 0 Å². The van der Waals surface area contributed by atoms with Gasteiger partial charge < -0.3 is 5.73 Å². The van der Waals surface area contributed by atoms with Gasteiger partial charge in [0.25, 0.3) is 0 Å². The van der Waals surface area contributed by atoms with Gasteiger partial charge in [0.1, 0.15) is 11.6 Å². The summed E-state index contributed by atoms with van der Waals surface area (Å²) in [6.07, 6.45) is 9.11. The maximum Gasteiger partial charge on any atom is 0.144 e. The van der Waals surface area contributed by atoms with Gasteiger partial charge in [-0.2, -0.15) is 0 Å². The fourth-order valence-electron chi connectivity index (χ4n) is 3.33. The first-order valence-corrected chi connectivity index (χ1v) is 8.59. The molecule has 6 nitrogen and oxygen atoms in total. The van der Waals surface area contributed by atoms with Crippen molar-refractivity contribution >= 4 is 5.82 Å². The number of nitrogens with two attached hydrogens (primary N) is 1. The zero-order valence-corrected chi connectivity index (χ0v) is 14.3. The van der Waals surface area contributed by atoms with Crippen molar-refractivity contribution in [3.05, 3.63) is 48.2 Å². The third-order valence-electron chi connectivity index (χ3n) is 4.66. The Labute approximate surface area is 143 Å². The molecule has 24 heavy (non-hydrogen) atoms. The fraction of sp³-hybridized carbons (Fsp3) is 0.500. The van der Waals surface area contributed by atoms with E-state index in [1.807, 2.05) is 18.5 Å². The van der Waals surface area contributed by atoms with E-state index >= 15 is 0 Å². The number of rotatable bonds is 5. The van der Waals surface area contributed by atoms with Crippen molar-refractivity contribution in [1.82, 2.24) is 24.8 Å². The Bertz CT molecular complexity index is 632. The number of pyridine rings is 1. The third kappa shape index (κ3) is 4.72. The van der Waals surface area contributed by atoms with Gasteiger partial charge in [-0.1, -0.05) is 6.07 Å². The Kier molecular flexibility index (Phi) is 5.72. The van der Waals surface area contributed by atoms with Gasteiger partial charge in [0.2, 0.25) is 0 Å². The summed E-state index contributed by atoms with van der Waals surface area (Å²) in [4.78, 5) is 17.7. The molecule has 0 aromatic carbocycles. The quantitative estimate of drug-likeness (QED) is 0.905. The summed E-state index contributed by atoms with van der Waals surface area (Å²) in [6, 6.07) is 6.45. The van der Waals surface area contributed by atoms with Gasteiger partial charge >= 0.3 is 0 Å². The maximum absolute atomic E-state index is 5.75. The summed E-state index contributed by atoms with van der Waals surface area (Å²) in [7, 11) is 2.16. The van der Waals surface area contributed by atoms with Crippen LogP contribution in [0.25, 0.3) is 0 Å². The Hall–Kier alpha value is -2.05. The largest absolute Gasteiger partial charge is 0.384 e. The number of nitrogen functional groups attached to an aromatic ring is 1. The molecule has 1 fully saturated rings. The van der Waals surface area contributed by atoms with Crippen molar-refractivity contribution < 1.29 is 0 Å². The van der Waals surface area contributed by atoms with Crippen molar-refractivity contribution in [3.8, 4) is 0 Å². The smallest absolute Gasteiger partial charge is 0.144 e. The SMILES string of the molecule is CN(Cc1nccc(N)n1)C1CCCN(Cc2cccnc2)CC1. The van der Waals surface area contributed by atoms with E-state index in [0.717, 1.165) is 32.0 Å². The molecule has 1 aliphatic rings. The highest BCUT2D eigenvalue weighted by Crippen LogP contribution is 2.18. The molecule has 0 aliphatic carbocycles. The van der Waals surface area contributed by atoms with Crippen molar-refractivity contribution in [2.45, 2.75) is 38.4 Å². The van der Waals surface area contributed by atoms with Crippen LogP contribution in [-0.2, 0) is 13.1 Å². The van der Waals surface area contributed by atoms with E-state index in [0.29, 0.717) is 11.9 Å². The van der Waals surface area contributed by atoms with Crippen molar-refractivity contribution in [2.75, 3.05) is 25.9 Å². The number of hydrogen-bond acceptors (Lipinski definition) is 6. The summed E-state index contributed by atoms with van der Waals surface area (Å²) in [6.45, 7) is 4.00. The lowest BCUT2D eigenvalue weighted by molar-refractivity contribution is 0.202. The van der Waals surface area contributed by atoms with Crippen LogP contribution in [0.4, 0.5) is 5.82 Å². The highest BCUT2D eigenvalue weighted by atomic mass is 15.2. The molecule has 1 unspecified atom stereocenters. The maximum atomic E-state index is 5.75. The molecule has 1 aliphatic heterocycles. The van der Waals surface area contributed by atoms with E-state index in [-0.39, 0.29) is 0 Å². The van der Waals surface area contributed by atoms with Crippen molar-refractivity contribution in [3.63, 3.8) is 0 Å². The molecule has 1 saturated heterocycles. The van der Waals surface area contributed by atoms with Crippen LogP contribution in [0.5, 0.6) is 0 Å². The number of nitrogens with zero attached hydrogens (tertiary/aromatic N) is 5.